The van der Waals surface area contributed by atoms with Crippen LogP contribution in [-0.4, -0.2) is 88.3 Å². The fraction of sp³-hybridized carbons (Fsp3) is 0.514. The maximum absolute atomic E-state index is 12.9. The monoisotopic (exact) mass is 689 g/mol. The van der Waals surface area contributed by atoms with Gasteiger partial charge in [-0.3, -0.25) is 14.4 Å². The number of hydrogen-bond donors (Lipinski definition) is 0. The molecule has 49 heavy (non-hydrogen) atoms. The van der Waals surface area contributed by atoms with Crippen LogP contribution in [0.1, 0.15) is 88.4 Å². The summed E-state index contributed by atoms with van der Waals surface area (Å²) in [4.78, 5) is 51.7. The molecule has 2 aromatic rings. The third-order valence-corrected chi connectivity index (χ3v) is 9.49. The third-order valence-electron chi connectivity index (χ3n) is 9.15. The molecule has 6 rings (SSSR count). The van der Waals surface area contributed by atoms with E-state index < -0.39 is 0 Å². The lowest BCUT2D eigenvalue weighted by Crippen LogP contribution is -2.43. The Morgan fingerprint density at radius 1 is 0.755 bits per heavy atom. The molecule has 262 valence electrons. The van der Waals surface area contributed by atoms with Gasteiger partial charge in [0.2, 0.25) is 23.8 Å². The summed E-state index contributed by atoms with van der Waals surface area (Å²) in [5.41, 5.74) is 2.27. The number of benzene rings is 2. The van der Waals surface area contributed by atoms with Gasteiger partial charge in [0.25, 0.3) is 0 Å². The van der Waals surface area contributed by atoms with E-state index >= 15 is 0 Å². The molecule has 0 radical (unpaired) electrons. The van der Waals surface area contributed by atoms with Crippen LogP contribution in [0.4, 0.5) is 0 Å². The van der Waals surface area contributed by atoms with Crippen LogP contribution >= 0.6 is 11.8 Å². The zero-order valence-corrected chi connectivity index (χ0v) is 29.3. The van der Waals surface area contributed by atoms with Crippen LogP contribution in [0.25, 0.3) is 0 Å². The van der Waals surface area contributed by atoms with Gasteiger partial charge in [0, 0.05) is 76.3 Å². The van der Waals surface area contributed by atoms with Crippen molar-refractivity contribution in [1.82, 2.24) is 19.3 Å². The number of carbonyl (C=O) groups is 3. The first kappa shape index (κ1) is 37.6. The highest BCUT2D eigenvalue weighted by Gasteiger charge is 2.36. The zero-order chi connectivity index (χ0) is 35.0. The average molecular weight is 690 g/mol. The normalized spacial score (nSPS) is 20.9. The molecule has 2 fully saturated rings. The Morgan fingerprint density at radius 2 is 1.20 bits per heavy atom. The van der Waals surface area contributed by atoms with Crippen molar-refractivity contribution in [3.63, 3.8) is 0 Å². The van der Waals surface area contributed by atoms with Crippen LogP contribution in [0.5, 0.6) is 0 Å². The van der Waals surface area contributed by atoms with Crippen molar-refractivity contribution in [3.05, 3.63) is 71.8 Å². The summed E-state index contributed by atoms with van der Waals surface area (Å²) >= 11 is 5.95. The Bertz CT molecular complexity index is 1450. The first-order chi connectivity index (χ1) is 23.9. The van der Waals surface area contributed by atoms with Crippen molar-refractivity contribution in [3.8, 4) is 0 Å². The van der Waals surface area contributed by atoms with E-state index in [1.807, 2.05) is 72.8 Å². The molecule has 0 saturated carbocycles. The summed E-state index contributed by atoms with van der Waals surface area (Å²) in [7, 11) is 0. The molecule has 2 saturated heterocycles. The van der Waals surface area contributed by atoms with Gasteiger partial charge in [-0.25, -0.2) is 24.2 Å². The number of hydrazone groups is 2. The van der Waals surface area contributed by atoms with Crippen LogP contribution in [0.15, 0.2) is 75.9 Å². The quantitative estimate of drug-likeness (QED) is 0.197. The second kappa shape index (κ2) is 19.7. The number of isocyanates is 1. The molecular formula is C37H48ClN7O4. The van der Waals surface area contributed by atoms with Crippen molar-refractivity contribution in [2.45, 2.75) is 77.3 Å². The Morgan fingerprint density at radius 3 is 1.59 bits per heavy atom. The first-order valence-corrected chi connectivity index (χ1v) is 17.7. The number of halogens is 1. The highest BCUT2D eigenvalue weighted by Crippen LogP contribution is 2.33. The number of carbonyl (C=O) groups excluding carboxylic acids is 4. The average Bonchev–Trinajstić information content (AvgIpc) is 3.84. The van der Waals surface area contributed by atoms with E-state index in [2.05, 4.69) is 27.3 Å². The molecule has 2 unspecified atom stereocenters. The van der Waals surface area contributed by atoms with Crippen molar-refractivity contribution in [1.29, 1.82) is 0 Å². The van der Waals surface area contributed by atoms with E-state index in [1.54, 1.807) is 21.4 Å². The molecule has 12 heteroatoms. The topological polar surface area (TPSA) is 118 Å². The summed E-state index contributed by atoms with van der Waals surface area (Å²) < 4.78 is 1.76. The number of aliphatic imine (C=N–C) groups is 1. The minimum Gasteiger partial charge on any atom is -0.343 e. The molecule has 0 aliphatic carbocycles. The van der Waals surface area contributed by atoms with Crippen LogP contribution < -0.4 is 0 Å². The fourth-order valence-corrected chi connectivity index (χ4v) is 6.63. The number of hydrogen-bond acceptors (Lipinski definition) is 8. The molecule has 0 N–H and O–H groups in total. The predicted octanol–water partition coefficient (Wildman–Crippen LogP) is 6.14. The molecule has 11 nitrogen and oxygen atoms in total. The van der Waals surface area contributed by atoms with Gasteiger partial charge in [-0.1, -0.05) is 67.6 Å². The Kier molecular flexibility index (Phi) is 15.2. The molecule has 2 atom stereocenters. The van der Waals surface area contributed by atoms with Crippen molar-refractivity contribution in [2.75, 3.05) is 32.7 Å². The summed E-state index contributed by atoms with van der Waals surface area (Å²) in [6.45, 7) is 7.25. The SMILES string of the molecule is CCCC(=O)N1CCC(C(=O)N2N=CCC2c2ccccc2)CC1.CCN=C=O.O=C(C1CCN(Cl)CC1)N1N=CCC1c1ccccc1. The molecule has 0 spiro atoms. The van der Waals surface area contributed by atoms with Gasteiger partial charge in [-0.15, -0.1) is 0 Å². The van der Waals surface area contributed by atoms with E-state index in [9.17, 15) is 14.4 Å². The number of amides is 3. The van der Waals surface area contributed by atoms with Gasteiger partial charge in [-0.05, 0) is 61.9 Å². The van der Waals surface area contributed by atoms with E-state index in [0.717, 1.165) is 69.2 Å². The summed E-state index contributed by atoms with van der Waals surface area (Å²) in [5.74, 6) is 0.464. The number of piperidine rings is 2. The standard InChI is InChI=1S/C19H25N3O2.C15H18ClN3O.C3H5NO/c1-2-6-18(23)21-13-10-16(11-14-21)19(24)22-17(9-12-20-22)15-7-4-3-5-8-15;16-18-10-7-13(8-11-18)15(20)19-14(6-9-17-19)12-4-2-1-3-5-12;1-2-4-3-5/h3-5,7-8,12,16-17H,2,6,9-11,13-14H2,1H3;1-5,9,13-14H,6-8,10-11H2;2H2,1H3. The van der Waals surface area contributed by atoms with Crippen molar-refractivity contribution in [2.24, 2.45) is 27.0 Å². The van der Waals surface area contributed by atoms with Gasteiger partial charge in [0.1, 0.15) is 0 Å². The number of rotatable bonds is 7. The lowest BCUT2D eigenvalue weighted by atomic mass is 9.94. The molecule has 4 heterocycles. The predicted molar refractivity (Wildman–Crippen MR) is 191 cm³/mol. The van der Waals surface area contributed by atoms with E-state index in [4.69, 9.17) is 16.6 Å². The lowest BCUT2D eigenvalue weighted by Gasteiger charge is -2.33. The van der Waals surface area contributed by atoms with E-state index in [0.29, 0.717) is 26.1 Å². The van der Waals surface area contributed by atoms with Gasteiger partial charge < -0.3 is 4.90 Å². The first-order valence-electron chi connectivity index (χ1n) is 17.4. The zero-order valence-electron chi connectivity index (χ0n) is 28.6. The maximum Gasteiger partial charge on any atom is 0.246 e. The maximum atomic E-state index is 12.9. The van der Waals surface area contributed by atoms with E-state index in [-0.39, 0.29) is 41.6 Å². The lowest BCUT2D eigenvalue weighted by molar-refractivity contribution is -0.142. The summed E-state index contributed by atoms with van der Waals surface area (Å²) in [6.07, 6.45) is 11.2. The van der Waals surface area contributed by atoms with Crippen LogP contribution in [-0.2, 0) is 19.2 Å². The van der Waals surface area contributed by atoms with Gasteiger partial charge in [0.15, 0.2) is 0 Å². The Labute approximate surface area is 294 Å². The van der Waals surface area contributed by atoms with Crippen LogP contribution in [0.2, 0.25) is 0 Å². The van der Waals surface area contributed by atoms with E-state index in [1.165, 1.54) is 6.08 Å². The fourth-order valence-electron chi connectivity index (χ4n) is 6.44. The minimum absolute atomic E-state index is 0.0125. The largest absolute Gasteiger partial charge is 0.343 e. The molecule has 4 aliphatic heterocycles. The second-order valence-corrected chi connectivity index (χ2v) is 12.9. The molecule has 2 aromatic carbocycles. The van der Waals surface area contributed by atoms with Gasteiger partial charge in [0.05, 0.1) is 12.1 Å². The Balaban J connectivity index is 0.000000197. The molecule has 3 amide bonds. The summed E-state index contributed by atoms with van der Waals surface area (Å²) in [5, 5.41) is 12.0. The van der Waals surface area contributed by atoms with Crippen molar-refractivity contribution >= 4 is 48.0 Å². The van der Waals surface area contributed by atoms with Crippen LogP contribution in [0, 0.1) is 11.8 Å². The van der Waals surface area contributed by atoms with Gasteiger partial charge >= 0.3 is 0 Å². The van der Waals surface area contributed by atoms with Crippen LogP contribution in [0.3, 0.4) is 0 Å². The number of likely N-dealkylation sites (tertiary alicyclic amines) is 1. The highest BCUT2D eigenvalue weighted by atomic mass is 35.5. The molecular weight excluding hydrogens is 642 g/mol. The number of nitrogens with zero attached hydrogens (tertiary/aromatic N) is 7. The van der Waals surface area contributed by atoms with Gasteiger partial charge in [-0.2, -0.15) is 10.2 Å². The smallest absolute Gasteiger partial charge is 0.246 e. The Hall–Kier alpha value is -4.18. The highest BCUT2D eigenvalue weighted by molar-refractivity contribution is 6.13. The molecule has 0 bridgehead atoms. The second-order valence-electron chi connectivity index (χ2n) is 12.4. The van der Waals surface area contributed by atoms with Crippen molar-refractivity contribution < 1.29 is 19.2 Å². The third kappa shape index (κ3) is 10.7. The summed E-state index contributed by atoms with van der Waals surface area (Å²) in [6, 6.07) is 20.2. The molecule has 4 aliphatic rings. The minimum atomic E-state index is -0.0304. The molecule has 0 aromatic heterocycles.